The minimum atomic E-state index is -4.37. The van der Waals surface area contributed by atoms with Crippen molar-refractivity contribution in [2.75, 3.05) is 30.4 Å². The van der Waals surface area contributed by atoms with Gasteiger partial charge in [-0.3, -0.25) is 13.9 Å². The van der Waals surface area contributed by atoms with Gasteiger partial charge in [-0.15, -0.1) is 11.3 Å². The van der Waals surface area contributed by atoms with Crippen LogP contribution in [0.25, 0.3) is 0 Å². The topological polar surface area (TPSA) is 128 Å². The first kappa shape index (κ1) is 42.8. The van der Waals surface area contributed by atoms with E-state index >= 15 is 0 Å². The van der Waals surface area contributed by atoms with Crippen LogP contribution in [0.3, 0.4) is 0 Å². The van der Waals surface area contributed by atoms with Gasteiger partial charge in [0.25, 0.3) is 15.9 Å². The number of ether oxygens (including phenoxy) is 3. The Balaban J connectivity index is 0.00000160. The molecular formula is C39H34Cl3FN2O8S2. The maximum absolute atomic E-state index is 14.7. The first-order valence-electron chi connectivity index (χ1n) is 16.2. The Labute approximate surface area is 337 Å². The van der Waals surface area contributed by atoms with Crippen molar-refractivity contribution < 1.29 is 41.4 Å². The quantitative estimate of drug-likeness (QED) is 0.0569. The fourth-order valence-corrected chi connectivity index (χ4v) is 8.32. The van der Waals surface area contributed by atoms with Gasteiger partial charge in [0.15, 0.2) is 17.3 Å². The maximum atomic E-state index is 14.7. The van der Waals surface area contributed by atoms with Gasteiger partial charge < -0.3 is 19.5 Å². The van der Waals surface area contributed by atoms with Crippen LogP contribution in [-0.2, 0) is 10.0 Å². The van der Waals surface area contributed by atoms with E-state index in [0.717, 1.165) is 28.6 Å². The third kappa shape index (κ3) is 10.4. The van der Waals surface area contributed by atoms with Crippen LogP contribution in [0.5, 0.6) is 17.2 Å². The molecule has 1 N–H and O–H groups in total. The summed E-state index contributed by atoms with van der Waals surface area (Å²) in [6, 6.07) is 19.3. The van der Waals surface area contributed by atoms with Crippen molar-refractivity contribution in [3.05, 3.63) is 139 Å². The van der Waals surface area contributed by atoms with Crippen molar-refractivity contribution in [1.82, 2.24) is 0 Å². The van der Waals surface area contributed by atoms with Crippen molar-refractivity contribution in [3.63, 3.8) is 0 Å². The summed E-state index contributed by atoms with van der Waals surface area (Å²) in [5.41, 5.74) is 0.0422. The van der Waals surface area contributed by atoms with E-state index in [-0.39, 0.29) is 47.5 Å². The highest BCUT2D eigenvalue weighted by molar-refractivity contribution is 7.93. The van der Waals surface area contributed by atoms with E-state index in [1.807, 2.05) is 26.0 Å². The Hall–Kier alpha value is -4.92. The molecule has 0 spiro atoms. The molecule has 4 aromatic carbocycles. The van der Waals surface area contributed by atoms with Gasteiger partial charge >= 0.3 is 5.97 Å². The minimum absolute atomic E-state index is 0.000510. The van der Waals surface area contributed by atoms with Crippen molar-refractivity contribution >= 4 is 85.2 Å². The number of halogens is 4. The lowest BCUT2D eigenvalue weighted by Gasteiger charge is -2.21. The summed E-state index contributed by atoms with van der Waals surface area (Å²) in [6.45, 7) is 6.15. The molecule has 1 amide bonds. The second-order valence-electron chi connectivity index (χ2n) is 11.2. The van der Waals surface area contributed by atoms with Crippen LogP contribution in [0, 0.1) is 5.82 Å². The second kappa shape index (κ2) is 19.1. The van der Waals surface area contributed by atoms with Gasteiger partial charge in [-0.25, -0.2) is 17.6 Å². The zero-order chi connectivity index (χ0) is 40.4. The summed E-state index contributed by atoms with van der Waals surface area (Å²) in [5, 5.41) is 2.25. The van der Waals surface area contributed by atoms with Gasteiger partial charge in [0.05, 0.1) is 44.9 Å². The monoisotopic (exact) mass is 846 g/mol. The van der Waals surface area contributed by atoms with Crippen LogP contribution in [0.1, 0.15) is 56.7 Å². The number of nitrogens with one attached hydrogen (secondary N) is 1. The van der Waals surface area contributed by atoms with E-state index in [1.165, 1.54) is 38.4 Å². The third-order valence-corrected chi connectivity index (χ3v) is 11.3. The molecule has 5 aromatic rings. The normalized spacial score (nSPS) is 11.0. The van der Waals surface area contributed by atoms with Gasteiger partial charge in [0.1, 0.15) is 21.3 Å². The van der Waals surface area contributed by atoms with Gasteiger partial charge in [-0.05, 0) is 57.2 Å². The van der Waals surface area contributed by atoms with Crippen molar-refractivity contribution in [3.8, 4) is 17.2 Å². The minimum Gasteiger partial charge on any atom is -0.493 e. The SMILES string of the molecule is C/C=C\C.CCOc1ccc(N(C)S(=O)(=O)c2cc(Cl)sc2C(=O)Nc2cc(F)cc(C(=O)Oc3cc(Cl)c(C(=O)c4ccccc4)c(Cl)c3)c2)cc1OC. The van der Waals surface area contributed by atoms with E-state index in [4.69, 9.17) is 49.0 Å². The zero-order valence-corrected chi connectivity index (χ0v) is 33.9. The van der Waals surface area contributed by atoms with E-state index < -0.39 is 38.4 Å². The fraction of sp³-hybridized carbons (Fsp3) is 0.154. The van der Waals surface area contributed by atoms with Crippen LogP contribution in [0.4, 0.5) is 15.8 Å². The number of amides is 1. The highest BCUT2D eigenvalue weighted by Crippen LogP contribution is 2.37. The summed E-state index contributed by atoms with van der Waals surface area (Å²) in [6.07, 6.45) is 4.00. The average Bonchev–Trinajstić information content (AvgIpc) is 3.57. The molecule has 0 aliphatic carbocycles. The van der Waals surface area contributed by atoms with Crippen LogP contribution in [0.15, 0.2) is 102 Å². The van der Waals surface area contributed by atoms with Crippen LogP contribution in [-0.4, -0.2) is 46.8 Å². The first-order valence-corrected chi connectivity index (χ1v) is 19.6. The molecule has 55 heavy (non-hydrogen) atoms. The number of allylic oxidation sites excluding steroid dienone is 2. The van der Waals surface area contributed by atoms with Crippen molar-refractivity contribution in [2.45, 2.75) is 25.7 Å². The molecule has 0 saturated carbocycles. The average molecular weight is 848 g/mol. The van der Waals surface area contributed by atoms with Gasteiger partial charge in [-0.2, -0.15) is 0 Å². The number of methoxy groups -OCH3 is 1. The third-order valence-electron chi connectivity index (χ3n) is 7.54. The molecule has 5 rings (SSSR count). The summed E-state index contributed by atoms with van der Waals surface area (Å²) in [7, 11) is -1.67. The number of nitrogens with zero attached hydrogens (tertiary/aromatic N) is 1. The number of sulfonamides is 1. The molecule has 0 saturated heterocycles. The Morgan fingerprint density at radius 3 is 2.13 bits per heavy atom. The lowest BCUT2D eigenvalue weighted by Crippen LogP contribution is -2.28. The molecule has 1 aromatic heterocycles. The van der Waals surface area contributed by atoms with Crippen LogP contribution < -0.4 is 23.8 Å². The Bertz CT molecular complexity index is 2330. The van der Waals surface area contributed by atoms with Crippen LogP contribution in [0.2, 0.25) is 14.4 Å². The second-order valence-corrected chi connectivity index (χ2v) is 15.6. The number of anilines is 2. The van der Waals surface area contributed by atoms with Gasteiger partial charge in [0.2, 0.25) is 0 Å². The fourth-order valence-electron chi connectivity index (χ4n) is 4.80. The smallest absolute Gasteiger partial charge is 0.343 e. The molecular weight excluding hydrogens is 814 g/mol. The Morgan fingerprint density at radius 1 is 0.873 bits per heavy atom. The molecule has 0 fully saturated rings. The predicted molar refractivity (Wildman–Crippen MR) is 215 cm³/mol. The number of thiophene rings is 1. The Kier molecular flexibility index (Phi) is 14.9. The number of esters is 1. The summed E-state index contributed by atoms with van der Waals surface area (Å²) in [4.78, 5) is 38.7. The molecule has 1 heterocycles. The van der Waals surface area contributed by atoms with Crippen molar-refractivity contribution in [2.24, 2.45) is 0 Å². The van der Waals surface area contributed by atoms with E-state index in [0.29, 0.717) is 35.0 Å². The van der Waals surface area contributed by atoms with E-state index in [1.54, 1.807) is 43.3 Å². The molecule has 0 unspecified atom stereocenters. The first-order chi connectivity index (χ1) is 26.1. The molecule has 0 atom stereocenters. The van der Waals surface area contributed by atoms with E-state index in [2.05, 4.69) is 5.32 Å². The zero-order valence-electron chi connectivity index (χ0n) is 30.0. The molecule has 0 aliphatic rings. The lowest BCUT2D eigenvalue weighted by molar-refractivity contribution is 0.0734. The molecule has 288 valence electrons. The standard InChI is InChI=1S/C35H26Cl3FN2O8S2.C4H8/c1-4-48-27-11-10-23(15-28(27)47-3)41(2)51(45,46)29-18-30(38)50-33(29)34(43)40-22-13-20(12-21(39)14-22)35(44)49-24-16-25(36)31(26(37)17-24)32(42)19-8-6-5-7-9-19;1-3-4-2/h5-18H,4H2,1-3H3,(H,40,43);3-4H,1-2H3/b;4-3-. The number of hydrogen-bond acceptors (Lipinski definition) is 9. The molecule has 0 aliphatic heterocycles. The van der Waals surface area contributed by atoms with Crippen molar-refractivity contribution in [1.29, 1.82) is 0 Å². The number of benzene rings is 4. The number of ketones is 1. The lowest BCUT2D eigenvalue weighted by atomic mass is 10.0. The molecule has 16 heteroatoms. The van der Waals surface area contributed by atoms with Gasteiger partial charge in [0, 0.05) is 36.5 Å². The molecule has 0 radical (unpaired) electrons. The van der Waals surface area contributed by atoms with Crippen LogP contribution >= 0.6 is 46.1 Å². The van der Waals surface area contributed by atoms with E-state index in [9.17, 15) is 27.2 Å². The predicted octanol–water partition coefficient (Wildman–Crippen LogP) is 10.4. The number of carbonyl (C=O) groups is 3. The highest BCUT2D eigenvalue weighted by atomic mass is 35.5. The van der Waals surface area contributed by atoms with Gasteiger partial charge in [-0.1, -0.05) is 77.3 Å². The number of rotatable bonds is 12. The maximum Gasteiger partial charge on any atom is 0.343 e. The summed E-state index contributed by atoms with van der Waals surface area (Å²) in [5.74, 6) is -2.78. The largest absolute Gasteiger partial charge is 0.493 e. The summed E-state index contributed by atoms with van der Waals surface area (Å²) >= 11 is 19.5. The summed E-state index contributed by atoms with van der Waals surface area (Å²) < 4.78 is 59.4. The number of carbonyl (C=O) groups excluding carboxylic acids is 3. The highest BCUT2D eigenvalue weighted by Gasteiger charge is 2.31. The number of hydrogen-bond donors (Lipinski definition) is 1. The Morgan fingerprint density at radius 2 is 1.53 bits per heavy atom. The molecule has 0 bridgehead atoms. The molecule has 10 nitrogen and oxygen atoms in total.